The van der Waals surface area contributed by atoms with Crippen molar-refractivity contribution in [3.8, 4) is 33.4 Å². The van der Waals surface area contributed by atoms with E-state index < -0.39 is 5.41 Å². The first-order valence-corrected chi connectivity index (χ1v) is 13.7. The topological polar surface area (TPSA) is 0 Å². The van der Waals surface area contributed by atoms with Crippen LogP contribution in [0.3, 0.4) is 0 Å². The Hall–Kier alpha value is -4.68. The minimum Gasteiger partial charge on any atom is -0.0622 e. The van der Waals surface area contributed by atoms with Gasteiger partial charge in [0.05, 0.1) is 5.41 Å². The van der Waals surface area contributed by atoms with Crippen molar-refractivity contribution in [3.63, 3.8) is 0 Å². The second-order valence-electron chi connectivity index (χ2n) is 10.7. The van der Waals surface area contributed by atoms with Crippen molar-refractivity contribution < 1.29 is 0 Å². The van der Waals surface area contributed by atoms with Gasteiger partial charge in [0.15, 0.2) is 0 Å². The number of fused-ring (bicyclic) bond motifs is 3. The van der Waals surface area contributed by atoms with Crippen LogP contribution in [-0.4, -0.2) is 0 Å². The Balaban J connectivity index is 1.70. The molecule has 0 atom stereocenters. The van der Waals surface area contributed by atoms with Crippen molar-refractivity contribution >= 4 is 0 Å². The second kappa shape index (κ2) is 9.26. The van der Waals surface area contributed by atoms with E-state index in [1.165, 1.54) is 66.8 Å². The van der Waals surface area contributed by atoms with E-state index in [0.29, 0.717) is 0 Å². The molecule has 0 saturated heterocycles. The molecule has 0 N–H and O–H groups in total. The fraction of sp³-hybridized carbons (Fsp3) is 0.0769. The number of hydrogen-bond acceptors (Lipinski definition) is 0. The van der Waals surface area contributed by atoms with Gasteiger partial charge in [0.2, 0.25) is 0 Å². The Morgan fingerprint density at radius 2 is 0.872 bits per heavy atom. The first-order chi connectivity index (χ1) is 19.2. The molecule has 0 heterocycles. The highest BCUT2D eigenvalue weighted by molar-refractivity contribution is 5.98. The predicted molar refractivity (Wildman–Crippen MR) is 164 cm³/mol. The lowest BCUT2D eigenvalue weighted by Gasteiger charge is -2.36. The third kappa shape index (κ3) is 3.60. The number of aryl methyl sites for hydroxylation is 2. The molecule has 0 nitrogen and oxygen atoms in total. The molecule has 1 aliphatic rings. The van der Waals surface area contributed by atoms with Crippen LogP contribution in [0, 0.1) is 13.8 Å². The molecule has 0 spiro atoms. The lowest BCUT2D eigenvalue weighted by molar-refractivity contribution is 0.770. The molecule has 6 aromatic rings. The average molecular weight is 499 g/mol. The maximum absolute atomic E-state index is 2.36. The van der Waals surface area contributed by atoms with E-state index in [1.807, 2.05) is 0 Å². The zero-order valence-corrected chi connectivity index (χ0v) is 22.4. The van der Waals surface area contributed by atoms with E-state index in [-0.39, 0.29) is 0 Å². The smallest absolute Gasteiger partial charge is 0.0622 e. The van der Waals surface area contributed by atoms with Crippen molar-refractivity contribution in [3.05, 3.63) is 179 Å². The summed E-state index contributed by atoms with van der Waals surface area (Å²) < 4.78 is 0. The summed E-state index contributed by atoms with van der Waals surface area (Å²) in [5, 5.41) is 0. The third-order valence-electron chi connectivity index (χ3n) is 8.32. The lowest BCUT2D eigenvalue weighted by atomic mass is 9.65. The molecule has 1 aliphatic carbocycles. The lowest BCUT2D eigenvalue weighted by Crippen LogP contribution is -2.29. The zero-order chi connectivity index (χ0) is 26.4. The minimum absolute atomic E-state index is 0.449. The van der Waals surface area contributed by atoms with Gasteiger partial charge < -0.3 is 0 Å². The molecule has 0 saturated carbocycles. The fourth-order valence-corrected chi connectivity index (χ4v) is 6.53. The molecule has 6 aromatic carbocycles. The second-order valence-corrected chi connectivity index (χ2v) is 10.7. The Kier molecular flexibility index (Phi) is 5.56. The van der Waals surface area contributed by atoms with Crippen molar-refractivity contribution in [2.45, 2.75) is 19.3 Å². The van der Waals surface area contributed by atoms with Crippen molar-refractivity contribution in [2.75, 3.05) is 0 Å². The maximum atomic E-state index is 2.36. The van der Waals surface area contributed by atoms with E-state index in [9.17, 15) is 0 Å². The van der Waals surface area contributed by atoms with Crippen LogP contribution in [0.4, 0.5) is 0 Å². The van der Waals surface area contributed by atoms with Gasteiger partial charge in [-0.25, -0.2) is 0 Å². The quantitative estimate of drug-likeness (QED) is 0.226. The van der Waals surface area contributed by atoms with Crippen LogP contribution in [0.1, 0.15) is 33.4 Å². The summed E-state index contributed by atoms with van der Waals surface area (Å²) in [6.07, 6.45) is 0. The number of benzene rings is 6. The summed E-state index contributed by atoms with van der Waals surface area (Å²) in [6.45, 7) is 4.31. The fourth-order valence-electron chi connectivity index (χ4n) is 6.53. The molecule has 39 heavy (non-hydrogen) atoms. The molecule has 0 fully saturated rings. The van der Waals surface area contributed by atoms with Crippen molar-refractivity contribution in [2.24, 2.45) is 0 Å². The summed E-state index contributed by atoms with van der Waals surface area (Å²) in [6, 6.07) is 53.9. The predicted octanol–water partition coefficient (Wildman–Crippen LogP) is 10.0. The van der Waals surface area contributed by atoms with Crippen LogP contribution < -0.4 is 0 Å². The van der Waals surface area contributed by atoms with Gasteiger partial charge in [-0.3, -0.25) is 0 Å². The Bertz CT molecular complexity index is 1740. The first-order valence-electron chi connectivity index (χ1n) is 13.7. The molecule has 7 rings (SSSR count). The van der Waals surface area contributed by atoms with Crippen LogP contribution in [0.5, 0.6) is 0 Å². The normalized spacial score (nSPS) is 13.1. The minimum atomic E-state index is -0.449. The molecule has 0 bridgehead atoms. The highest BCUT2D eigenvalue weighted by Crippen LogP contribution is 2.60. The average Bonchev–Trinajstić information content (AvgIpc) is 3.30. The van der Waals surface area contributed by atoms with Gasteiger partial charge in [-0.15, -0.1) is 0 Å². The summed E-state index contributed by atoms with van der Waals surface area (Å²) in [5.74, 6) is 0. The van der Waals surface area contributed by atoms with Gasteiger partial charge in [0.25, 0.3) is 0 Å². The summed E-state index contributed by atoms with van der Waals surface area (Å²) >= 11 is 0. The van der Waals surface area contributed by atoms with Gasteiger partial charge >= 0.3 is 0 Å². The standard InChI is InChI=1S/C39H30/c1-27-17-21-29(22-18-27)33-25-26-35-34-15-9-10-16-36(34)39(31-11-5-3-6-12-31,32-13-7-4-8-14-32)38(35)37(33)30-23-19-28(2)20-24-30/h3-26H,1-2H3. The van der Waals surface area contributed by atoms with Crippen LogP contribution in [0.15, 0.2) is 146 Å². The van der Waals surface area contributed by atoms with Crippen LogP contribution in [-0.2, 0) is 5.41 Å². The van der Waals surface area contributed by atoms with E-state index in [1.54, 1.807) is 0 Å². The SMILES string of the molecule is Cc1ccc(-c2ccc3c(c2-c2ccc(C)cc2)C(c2ccccc2)(c2ccccc2)c2ccccc2-3)cc1. The van der Waals surface area contributed by atoms with E-state index in [0.717, 1.165) is 0 Å². The highest BCUT2D eigenvalue weighted by Gasteiger charge is 2.48. The Labute approximate surface area is 231 Å². The van der Waals surface area contributed by atoms with Gasteiger partial charge in [-0.1, -0.05) is 157 Å². The van der Waals surface area contributed by atoms with Crippen LogP contribution in [0.2, 0.25) is 0 Å². The Morgan fingerprint density at radius 3 is 1.46 bits per heavy atom. The zero-order valence-electron chi connectivity index (χ0n) is 22.4. The molecular formula is C39H30. The summed E-state index contributed by atoms with van der Waals surface area (Å²) in [7, 11) is 0. The summed E-state index contributed by atoms with van der Waals surface area (Å²) in [5.41, 5.74) is 15.0. The van der Waals surface area contributed by atoms with E-state index in [2.05, 4.69) is 159 Å². The third-order valence-corrected chi connectivity index (χ3v) is 8.32. The first kappa shape index (κ1) is 23.4. The maximum Gasteiger partial charge on any atom is 0.0719 e. The highest BCUT2D eigenvalue weighted by atomic mass is 14.5. The molecule has 0 aliphatic heterocycles. The molecule has 0 amide bonds. The molecular weight excluding hydrogens is 468 g/mol. The Morgan fingerprint density at radius 1 is 0.385 bits per heavy atom. The summed E-state index contributed by atoms with van der Waals surface area (Å²) in [4.78, 5) is 0. The number of hydrogen-bond donors (Lipinski definition) is 0. The van der Waals surface area contributed by atoms with Crippen molar-refractivity contribution in [1.82, 2.24) is 0 Å². The van der Waals surface area contributed by atoms with E-state index >= 15 is 0 Å². The van der Waals surface area contributed by atoms with Gasteiger partial charge in [-0.05, 0) is 69.5 Å². The van der Waals surface area contributed by atoms with E-state index in [4.69, 9.17) is 0 Å². The molecule has 0 aromatic heterocycles. The number of rotatable bonds is 4. The largest absolute Gasteiger partial charge is 0.0719 e. The molecule has 186 valence electrons. The monoisotopic (exact) mass is 498 g/mol. The van der Waals surface area contributed by atoms with Gasteiger partial charge in [0.1, 0.15) is 0 Å². The molecule has 0 heteroatoms. The van der Waals surface area contributed by atoms with Crippen LogP contribution in [0.25, 0.3) is 33.4 Å². The van der Waals surface area contributed by atoms with Gasteiger partial charge in [0, 0.05) is 0 Å². The molecule has 0 unspecified atom stereocenters. The van der Waals surface area contributed by atoms with Crippen LogP contribution >= 0.6 is 0 Å². The molecule has 0 radical (unpaired) electrons. The van der Waals surface area contributed by atoms with Crippen molar-refractivity contribution in [1.29, 1.82) is 0 Å². The van der Waals surface area contributed by atoms with Gasteiger partial charge in [-0.2, -0.15) is 0 Å².